The number of hydrogen-bond acceptors (Lipinski definition) is 4. The van der Waals surface area contributed by atoms with E-state index in [1.54, 1.807) is 13.8 Å². The smallest absolute Gasteiger partial charge is 0.341 e. The van der Waals surface area contributed by atoms with Crippen molar-refractivity contribution in [2.24, 2.45) is 5.92 Å². The molecular weight excluding hydrogens is 318 g/mol. The maximum atomic E-state index is 10.8. The van der Waals surface area contributed by atoms with E-state index in [2.05, 4.69) is 13.8 Å². The van der Waals surface area contributed by atoms with E-state index in [1.807, 2.05) is 20.8 Å². The van der Waals surface area contributed by atoms with Gasteiger partial charge in [0.2, 0.25) is 0 Å². The van der Waals surface area contributed by atoms with Gasteiger partial charge in [-0.05, 0) is 26.7 Å². The molecule has 0 aromatic heterocycles. The molecule has 0 aliphatic carbocycles. The number of rotatable bonds is 6. The van der Waals surface area contributed by atoms with E-state index in [0.29, 0.717) is 5.92 Å². The van der Waals surface area contributed by atoms with Crippen LogP contribution in [0.3, 0.4) is 0 Å². The average Bonchev–Trinajstić information content (AvgIpc) is 2.27. The fraction of sp³-hybridized carbons (Fsp3) is 1.00. The minimum Gasteiger partial charge on any atom is -0.377 e. The normalized spacial score (nSPS) is 13.6. The first-order chi connectivity index (χ1) is 7.77. The van der Waals surface area contributed by atoms with Crippen molar-refractivity contribution in [3.63, 3.8) is 0 Å². The highest BCUT2D eigenvalue weighted by Crippen LogP contribution is 2.26. The van der Waals surface area contributed by atoms with E-state index < -0.39 is 7.80 Å². The molecule has 0 fully saturated rings. The van der Waals surface area contributed by atoms with Crippen molar-refractivity contribution < 1.29 is 18.7 Å². The van der Waals surface area contributed by atoms with Crippen LogP contribution < -0.4 is 0 Å². The summed E-state index contributed by atoms with van der Waals surface area (Å²) in [6.45, 7) is 11.7. The highest BCUT2D eigenvalue weighted by molar-refractivity contribution is 7.44. The Morgan fingerprint density at radius 1 is 0.909 bits per heavy atom. The number of ether oxygens (including phenoxy) is 1. The van der Waals surface area contributed by atoms with Gasteiger partial charge < -0.3 is 14.2 Å². The third-order valence-corrected chi connectivity index (χ3v) is 4.85. The maximum absolute atomic E-state index is 10.8. The summed E-state index contributed by atoms with van der Waals surface area (Å²) in [5.41, 5.74) is 0.171. The van der Waals surface area contributed by atoms with E-state index in [9.17, 15) is 4.57 Å². The molecule has 0 amide bonds. The first kappa shape index (κ1) is 43.3. The molecule has 4 nitrogen and oxygen atoms in total. The molecule has 22 heavy (non-hydrogen) atoms. The average molecular weight is 365 g/mol. The highest BCUT2D eigenvalue weighted by Gasteiger charge is 2.25. The van der Waals surface area contributed by atoms with Crippen molar-refractivity contribution in [3.8, 4) is 0 Å². The third kappa shape index (κ3) is 25.4. The third-order valence-electron chi connectivity index (χ3n) is 2.80. The summed E-state index contributed by atoms with van der Waals surface area (Å²) in [5, 5.41) is 0. The van der Waals surface area contributed by atoms with Crippen LogP contribution in [0.1, 0.15) is 71.8 Å². The molecule has 0 aromatic rings. The molecule has 0 bridgehead atoms. The summed E-state index contributed by atoms with van der Waals surface area (Å²) < 4.78 is 20.7. The van der Waals surface area contributed by atoms with Gasteiger partial charge in [0, 0.05) is 7.11 Å². The van der Waals surface area contributed by atoms with E-state index in [4.69, 9.17) is 14.2 Å². The summed E-state index contributed by atoms with van der Waals surface area (Å²) in [4.78, 5) is 8.29. The van der Waals surface area contributed by atoms with Gasteiger partial charge in [0.25, 0.3) is 0 Å². The van der Waals surface area contributed by atoms with Crippen LogP contribution in [0, 0.1) is 5.92 Å². The zero-order valence-corrected chi connectivity index (χ0v) is 13.8. The maximum Gasteiger partial charge on any atom is 0.341 e. The van der Waals surface area contributed by atoms with Crippen molar-refractivity contribution in [1.29, 1.82) is 0 Å². The van der Waals surface area contributed by atoms with Crippen molar-refractivity contribution >= 4 is 16.8 Å². The van der Waals surface area contributed by atoms with E-state index in [-0.39, 0.29) is 64.0 Å². The van der Waals surface area contributed by atoms with Gasteiger partial charge in [-0.25, -0.2) is 0 Å². The lowest BCUT2D eigenvalue weighted by Gasteiger charge is -2.12. The van der Waals surface area contributed by atoms with Crippen LogP contribution in [0.25, 0.3) is 0 Å². The minimum atomic E-state index is -1.08. The molecule has 1 N–H and O–H groups in total. The van der Waals surface area contributed by atoms with Crippen LogP contribution >= 0.6 is 16.8 Å². The van der Waals surface area contributed by atoms with Gasteiger partial charge in [-0.1, -0.05) is 55.5 Å². The standard InChI is InChI=1S/C6H14O2P.C5H13O2P.5CH4/c1-5(8-3)6(2)9(4)7;1-4(2)5(3)7-8-6;;;;;/h5-6H,1-4H3;4-6,8H,1-3H3;5*1H4/q+1;;;;;;. The lowest BCUT2D eigenvalue weighted by molar-refractivity contribution is 0.118. The Balaban J connectivity index is -0.0000000335. The Morgan fingerprint density at radius 3 is 1.36 bits per heavy atom. The van der Waals surface area contributed by atoms with Crippen LogP contribution in [0.5, 0.6) is 0 Å². The second-order valence-electron chi connectivity index (χ2n) is 4.39. The molecule has 0 rings (SSSR count). The quantitative estimate of drug-likeness (QED) is 0.539. The van der Waals surface area contributed by atoms with Crippen molar-refractivity contribution in [1.82, 2.24) is 0 Å². The van der Waals surface area contributed by atoms with Gasteiger partial charge in [0.15, 0.2) is 14.7 Å². The van der Waals surface area contributed by atoms with Crippen molar-refractivity contribution in [2.75, 3.05) is 13.8 Å². The van der Waals surface area contributed by atoms with Gasteiger partial charge in [-0.15, -0.1) is 0 Å². The molecule has 0 aliphatic rings. The summed E-state index contributed by atoms with van der Waals surface area (Å²) in [6.07, 6.45) is 0.289. The highest BCUT2D eigenvalue weighted by atomic mass is 31.1. The molecular formula is C16H47O4P2+. The lowest BCUT2D eigenvalue weighted by Crippen LogP contribution is -2.17. The molecule has 0 saturated heterocycles. The van der Waals surface area contributed by atoms with Crippen molar-refractivity contribution in [3.05, 3.63) is 0 Å². The molecule has 6 heteroatoms. The Hall–Kier alpha value is 0.410. The molecule has 0 heterocycles. The van der Waals surface area contributed by atoms with Gasteiger partial charge in [-0.3, -0.25) is 0 Å². The van der Waals surface area contributed by atoms with Gasteiger partial charge in [0.1, 0.15) is 12.8 Å². The molecule has 0 aromatic carbocycles. The second kappa shape index (κ2) is 26.3. The molecule has 0 saturated carbocycles. The summed E-state index contributed by atoms with van der Waals surface area (Å²) in [5.74, 6) is 0.495. The van der Waals surface area contributed by atoms with Gasteiger partial charge >= 0.3 is 7.80 Å². The van der Waals surface area contributed by atoms with E-state index in [0.717, 1.165) is 0 Å². The van der Waals surface area contributed by atoms with Crippen LogP contribution in [-0.2, 0) is 13.8 Å². The topological polar surface area (TPSA) is 55.8 Å². The Bertz CT molecular complexity index is 203. The van der Waals surface area contributed by atoms with Crippen LogP contribution in [0.2, 0.25) is 0 Å². The van der Waals surface area contributed by atoms with E-state index in [1.165, 1.54) is 0 Å². The van der Waals surface area contributed by atoms with Crippen LogP contribution in [-0.4, -0.2) is 36.5 Å². The van der Waals surface area contributed by atoms with Gasteiger partial charge in [-0.2, -0.15) is 0 Å². The SMILES string of the molecule is C.C.C.C.C.CC(C)C(C)OPO.COC(C)C(C)[P+](C)=O. The fourth-order valence-electron chi connectivity index (χ4n) is 0.712. The largest absolute Gasteiger partial charge is 0.377 e. The first-order valence-corrected chi connectivity index (χ1v) is 8.38. The Morgan fingerprint density at radius 2 is 1.27 bits per heavy atom. The minimum absolute atomic E-state index is 0. The monoisotopic (exact) mass is 365 g/mol. The van der Waals surface area contributed by atoms with Crippen LogP contribution in [0.4, 0.5) is 0 Å². The second-order valence-corrected chi connectivity index (χ2v) is 6.71. The fourth-order valence-corrected chi connectivity index (χ4v) is 1.86. The summed E-state index contributed by atoms with van der Waals surface area (Å²) in [6, 6.07) is 0. The Labute approximate surface area is 145 Å². The molecule has 5 atom stereocenters. The zero-order valence-electron chi connectivity index (χ0n) is 11.9. The predicted molar refractivity (Wildman–Crippen MR) is 109 cm³/mol. The molecule has 0 radical (unpaired) electrons. The summed E-state index contributed by atoms with van der Waals surface area (Å²) in [7, 11) is 0.188. The van der Waals surface area contributed by atoms with Gasteiger partial charge in [0.05, 0.1) is 6.10 Å². The van der Waals surface area contributed by atoms with Crippen LogP contribution in [0.15, 0.2) is 0 Å². The van der Waals surface area contributed by atoms with Crippen molar-refractivity contribution in [2.45, 2.75) is 89.6 Å². The molecule has 5 unspecified atom stereocenters. The number of methoxy groups -OCH3 is 1. The molecule has 0 spiro atoms. The Kier molecular flexibility index (Phi) is 51.7. The lowest BCUT2D eigenvalue weighted by atomic mass is 10.1. The molecule has 144 valence electrons. The molecule has 0 aliphatic heterocycles. The predicted octanol–water partition coefficient (Wildman–Crippen LogP) is 6.60. The first-order valence-electron chi connectivity index (χ1n) is 5.75. The zero-order chi connectivity index (χ0) is 14.0. The number of hydrogen-bond donors (Lipinski definition) is 1. The summed E-state index contributed by atoms with van der Waals surface area (Å²) >= 11 is 0. The van der Waals surface area contributed by atoms with E-state index >= 15 is 0 Å².